The van der Waals surface area contributed by atoms with Crippen molar-refractivity contribution in [3.63, 3.8) is 0 Å². The molecule has 0 aliphatic heterocycles. The molecule has 0 bridgehead atoms. The van der Waals surface area contributed by atoms with Crippen LogP contribution in [0.25, 0.3) is 0 Å². The largest absolute Gasteiger partial charge is 0.488 e. The fourth-order valence-electron chi connectivity index (χ4n) is 1.85. The van der Waals surface area contributed by atoms with E-state index in [-0.39, 0.29) is 6.10 Å². The lowest BCUT2D eigenvalue weighted by Crippen LogP contribution is -2.36. The topological polar surface area (TPSA) is 21.3 Å². The van der Waals surface area contributed by atoms with Crippen molar-refractivity contribution < 1.29 is 4.74 Å². The first-order valence-corrected chi connectivity index (χ1v) is 7.51. The lowest BCUT2D eigenvalue weighted by molar-refractivity contribution is 0.147. The Bertz CT molecular complexity index is 401. The third kappa shape index (κ3) is 3.99. The van der Waals surface area contributed by atoms with E-state index >= 15 is 0 Å². The number of hydrogen-bond acceptors (Lipinski definition) is 2. The smallest absolute Gasteiger partial charge is 0.133 e. The summed E-state index contributed by atoms with van der Waals surface area (Å²) in [6, 6.07) is 6.97. The van der Waals surface area contributed by atoms with E-state index in [0.717, 1.165) is 22.8 Å². The van der Waals surface area contributed by atoms with Crippen LogP contribution in [0.3, 0.4) is 0 Å². The molecular formula is C15H22BrNO. The minimum atomic E-state index is 0.226. The van der Waals surface area contributed by atoms with Crippen molar-refractivity contribution in [2.45, 2.75) is 45.8 Å². The summed E-state index contributed by atoms with van der Waals surface area (Å²) in [5.41, 5.74) is 1.24. The van der Waals surface area contributed by atoms with Crippen molar-refractivity contribution in [3.05, 3.63) is 28.2 Å². The first kappa shape index (κ1) is 13.9. The molecule has 1 atom stereocenters. The zero-order chi connectivity index (χ0) is 13.1. The van der Waals surface area contributed by atoms with Gasteiger partial charge in [-0.05, 0) is 59.3 Å². The second-order valence-corrected chi connectivity index (χ2v) is 6.37. The van der Waals surface area contributed by atoms with Crippen molar-refractivity contribution in [2.24, 2.45) is 5.92 Å². The molecule has 100 valence electrons. The number of benzene rings is 1. The molecule has 18 heavy (non-hydrogen) atoms. The van der Waals surface area contributed by atoms with Crippen molar-refractivity contribution >= 4 is 15.9 Å². The minimum Gasteiger partial charge on any atom is -0.488 e. The molecule has 1 aliphatic rings. The Balaban J connectivity index is 1.97. The van der Waals surface area contributed by atoms with Gasteiger partial charge in [0, 0.05) is 12.6 Å². The molecule has 1 saturated carbocycles. The van der Waals surface area contributed by atoms with E-state index in [1.807, 2.05) is 6.07 Å². The second-order valence-electron chi connectivity index (χ2n) is 5.52. The number of halogens is 1. The van der Waals surface area contributed by atoms with E-state index in [9.17, 15) is 0 Å². The monoisotopic (exact) mass is 311 g/mol. The van der Waals surface area contributed by atoms with Crippen LogP contribution in [0.4, 0.5) is 0 Å². The molecule has 0 radical (unpaired) electrons. The SMILES string of the molecule is Cc1ccc(OC(CNC2CC2)C(C)C)c(Br)c1. The fourth-order valence-corrected chi connectivity index (χ4v) is 2.43. The van der Waals surface area contributed by atoms with Crippen LogP contribution in [0.2, 0.25) is 0 Å². The zero-order valence-electron chi connectivity index (χ0n) is 11.4. The fraction of sp³-hybridized carbons (Fsp3) is 0.600. The van der Waals surface area contributed by atoms with Gasteiger partial charge in [0.05, 0.1) is 4.47 Å². The standard InChI is InChI=1S/C15H22BrNO/c1-10(2)15(9-17-12-5-6-12)18-14-7-4-11(3)8-13(14)16/h4,7-8,10,12,15,17H,5-6,9H2,1-3H3. The first-order valence-electron chi connectivity index (χ1n) is 6.72. The molecule has 2 rings (SSSR count). The van der Waals surface area contributed by atoms with Crippen LogP contribution in [0.1, 0.15) is 32.3 Å². The summed E-state index contributed by atoms with van der Waals surface area (Å²) in [6.45, 7) is 7.44. The molecule has 1 unspecified atom stereocenters. The Labute approximate surface area is 118 Å². The summed E-state index contributed by atoms with van der Waals surface area (Å²) >= 11 is 3.57. The molecule has 1 aromatic rings. The van der Waals surface area contributed by atoms with Crippen molar-refractivity contribution in [2.75, 3.05) is 6.54 Å². The van der Waals surface area contributed by atoms with E-state index < -0.39 is 0 Å². The van der Waals surface area contributed by atoms with Crippen LogP contribution in [-0.4, -0.2) is 18.7 Å². The predicted octanol–water partition coefficient (Wildman–Crippen LogP) is 3.91. The molecule has 2 nitrogen and oxygen atoms in total. The van der Waals surface area contributed by atoms with Crippen molar-refractivity contribution in [1.29, 1.82) is 0 Å². The highest BCUT2D eigenvalue weighted by molar-refractivity contribution is 9.10. The van der Waals surface area contributed by atoms with Crippen molar-refractivity contribution in [3.8, 4) is 5.75 Å². The van der Waals surface area contributed by atoms with Crippen LogP contribution in [0, 0.1) is 12.8 Å². The Hall–Kier alpha value is -0.540. The molecule has 0 spiro atoms. The highest BCUT2D eigenvalue weighted by Crippen LogP contribution is 2.28. The maximum Gasteiger partial charge on any atom is 0.133 e. The average molecular weight is 312 g/mol. The average Bonchev–Trinajstić information content (AvgIpc) is 3.10. The molecule has 1 fully saturated rings. The maximum atomic E-state index is 6.13. The van der Waals surface area contributed by atoms with Gasteiger partial charge in [-0.1, -0.05) is 19.9 Å². The van der Waals surface area contributed by atoms with Crippen LogP contribution in [0.5, 0.6) is 5.75 Å². The third-order valence-electron chi connectivity index (χ3n) is 3.29. The number of nitrogens with one attached hydrogen (secondary N) is 1. The maximum absolute atomic E-state index is 6.13. The van der Waals surface area contributed by atoms with E-state index in [0.29, 0.717) is 5.92 Å². The molecular weight excluding hydrogens is 290 g/mol. The Morgan fingerprint density at radius 2 is 2.11 bits per heavy atom. The Morgan fingerprint density at radius 3 is 2.67 bits per heavy atom. The van der Waals surface area contributed by atoms with Gasteiger partial charge in [-0.25, -0.2) is 0 Å². The summed E-state index contributed by atoms with van der Waals surface area (Å²) in [5.74, 6) is 1.45. The Kier molecular flexibility index (Phi) is 4.68. The normalized spacial score (nSPS) is 16.9. The van der Waals surface area contributed by atoms with E-state index in [1.165, 1.54) is 18.4 Å². The van der Waals surface area contributed by atoms with Gasteiger partial charge in [-0.3, -0.25) is 0 Å². The van der Waals surface area contributed by atoms with Gasteiger partial charge >= 0.3 is 0 Å². The van der Waals surface area contributed by atoms with Gasteiger partial charge in [-0.15, -0.1) is 0 Å². The molecule has 1 N–H and O–H groups in total. The highest BCUT2D eigenvalue weighted by atomic mass is 79.9. The number of rotatable bonds is 6. The lowest BCUT2D eigenvalue weighted by Gasteiger charge is -2.24. The van der Waals surface area contributed by atoms with E-state index in [2.05, 4.69) is 54.2 Å². The molecule has 0 amide bonds. The summed E-state index contributed by atoms with van der Waals surface area (Å²) in [4.78, 5) is 0. The second kappa shape index (κ2) is 6.07. The van der Waals surface area contributed by atoms with Gasteiger partial charge in [-0.2, -0.15) is 0 Å². The summed E-state index contributed by atoms with van der Waals surface area (Å²) < 4.78 is 7.17. The van der Waals surface area contributed by atoms with Gasteiger partial charge in [0.15, 0.2) is 0 Å². The van der Waals surface area contributed by atoms with Crippen LogP contribution in [-0.2, 0) is 0 Å². The van der Waals surface area contributed by atoms with Crippen LogP contribution < -0.4 is 10.1 Å². The van der Waals surface area contributed by atoms with E-state index in [1.54, 1.807) is 0 Å². The van der Waals surface area contributed by atoms with Gasteiger partial charge < -0.3 is 10.1 Å². The first-order chi connectivity index (χ1) is 8.56. The van der Waals surface area contributed by atoms with Gasteiger partial charge in [0.1, 0.15) is 11.9 Å². The molecule has 0 heterocycles. The number of aryl methyl sites for hydroxylation is 1. The molecule has 0 saturated heterocycles. The third-order valence-corrected chi connectivity index (χ3v) is 3.91. The molecule has 1 aromatic carbocycles. The van der Waals surface area contributed by atoms with Gasteiger partial charge in [0.25, 0.3) is 0 Å². The number of ether oxygens (including phenoxy) is 1. The van der Waals surface area contributed by atoms with E-state index in [4.69, 9.17) is 4.74 Å². The summed E-state index contributed by atoms with van der Waals surface area (Å²) in [5, 5.41) is 3.55. The highest BCUT2D eigenvalue weighted by Gasteiger charge is 2.24. The van der Waals surface area contributed by atoms with Crippen molar-refractivity contribution in [1.82, 2.24) is 5.32 Å². The summed E-state index contributed by atoms with van der Waals surface area (Å²) in [7, 11) is 0. The molecule has 0 aromatic heterocycles. The quantitative estimate of drug-likeness (QED) is 0.860. The van der Waals surface area contributed by atoms with Gasteiger partial charge in [0.2, 0.25) is 0 Å². The molecule has 1 aliphatic carbocycles. The minimum absolute atomic E-state index is 0.226. The lowest BCUT2D eigenvalue weighted by atomic mass is 10.1. The number of hydrogen-bond donors (Lipinski definition) is 1. The Morgan fingerprint density at radius 1 is 1.39 bits per heavy atom. The van der Waals surface area contributed by atoms with Crippen LogP contribution >= 0.6 is 15.9 Å². The van der Waals surface area contributed by atoms with Crippen LogP contribution in [0.15, 0.2) is 22.7 Å². The zero-order valence-corrected chi connectivity index (χ0v) is 13.0. The summed E-state index contributed by atoms with van der Waals surface area (Å²) in [6.07, 6.45) is 2.86. The predicted molar refractivity (Wildman–Crippen MR) is 79.2 cm³/mol. The molecule has 3 heteroatoms.